The Morgan fingerprint density at radius 2 is 1.96 bits per heavy atom. The van der Waals surface area contributed by atoms with Gasteiger partial charge in [0.25, 0.3) is 0 Å². The predicted molar refractivity (Wildman–Crippen MR) is 94.6 cm³/mol. The van der Waals surface area contributed by atoms with Crippen molar-refractivity contribution in [1.29, 1.82) is 0 Å². The lowest BCUT2D eigenvalue weighted by Crippen LogP contribution is -2.50. The minimum Gasteiger partial charge on any atom is -0.468 e. The second kappa shape index (κ2) is 9.14. The summed E-state index contributed by atoms with van der Waals surface area (Å²) in [5, 5.41) is 0. The van der Waals surface area contributed by atoms with Gasteiger partial charge in [0, 0.05) is 57.5 Å². The summed E-state index contributed by atoms with van der Waals surface area (Å²) in [5.74, 6) is 0.589. The number of aryl methyl sites for hydroxylation is 1. The van der Waals surface area contributed by atoms with Gasteiger partial charge in [0.1, 0.15) is 12.4 Å². The van der Waals surface area contributed by atoms with Crippen LogP contribution in [0.2, 0.25) is 0 Å². The maximum absolute atomic E-state index is 12.5. The molecule has 3 rings (SSSR count). The number of amides is 1. The number of carbonyl (C=O) groups is 2. The standard InChI is InChI=1S/C18H28N4O4/c1-25-18(24)14-22-9-6-19-16(22)2-3-17(23)21-7-4-15(5-8-21)20-10-12-26-13-11-20/h6,9,15H,2-5,7-8,10-14H2,1H3. The summed E-state index contributed by atoms with van der Waals surface area (Å²) in [4.78, 5) is 32.7. The first kappa shape index (κ1) is 18.8. The van der Waals surface area contributed by atoms with Crippen LogP contribution in [-0.4, -0.2) is 83.8 Å². The highest BCUT2D eigenvalue weighted by molar-refractivity contribution is 5.76. The lowest BCUT2D eigenvalue weighted by atomic mass is 10.0. The summed E-state index contributed by atoms with van der Waals surface area (Å²) in [6.07, 6.45) is 6.40. The molecule has 0 atom stereocenters. The number of hydrogen-bond donors (Lipinski definition) is 0. The first-order chi connectivity index (χ1) is 12.7. The molecule has 0 bridgehead atoms. The third-order valence-electron chi connectivity index (χ3n) is 5.27. The predicted octanol–water partition coefficient (Wildman–Crippen LogP) is 0.312. The highest BCUT2D eigenvalue weighted by Crippen LogP contribution is 2.18. The van der Waals surface area contributed by atoms with E-state index in [0.29, 0.717) is 18.9 Å². The van der Waals surface area contributed by atoms with E-state index in [0.717, 1.165) is 58.1 Å². The number of morpholine rings is 1. The van der Waals surface area contributed by atoms with Crippen LogP contribution in [0, 0.1) is 0 Å². The zero-order valence-corrected chi connectivity index (χ0v) is 15.4. The molecular weight excluding hydrogens is 336 g/mol. The van der Waals surface area contributed by atoms with E-state index in [4.69, 9.17) is 4.74 Å². The van der Waals surface area contributed by atoms with Crippen LogP contribution < -0.4 is 0 Å². The van der Waals surface area contributed by atoms with Crippen molar-refractivity contribution in [2.24, 2.45) is 0 Å². The van der Waals surface area contributed by atoms with Crippen molar-refractivity contribution < 1.29 is 19.1 Å². The quantitative estimate of drug-likeness (QED) is 0.677. The van der Waals surface area contributed by atoms with Crippen LogP contribution in [0.15, 0.2) is 12.4 Å². The van der Waals surface area contributed by atoms with E-state index in [1.54, 1.807) is 17.0 Å². The Hall–Kier alpha value is -1.93. The Morgan fingerprint density at radius 3 is 2.65 bits per heavy atom. The van der Waals surface area contributed by atoms with Crippen LogP contribution in [0.5, 0.6) is 0 Å². The lowest BCUT2D eigenvalue weighted by Gasteiger charge is -2.40. The monoisotopic (exact) mass is 364 g/mol. The summed E-state index contributed by atoms with van der Waals surface area (Å²) in [6, 6.07) is 0.571. The van der Waals surface area contributed by atoms with E-state index in [2.05, 4.69) is 14.6 Å². The first-order valence-electron chi connectivity index (χ1n) is 9.34. The average Bonchev–Trinajstić information content (AvgIpc) is 3.13. The second-order valence-electron chi connectivity index (χ2n) is 6.81. The SMILES string of the molecule is COC(=O)Cn1ccnc1CCC(=O)N1CCC(N2CCOCC2)CC1. The van der Waals surface area contributed by atoms with E-state index in [9.17, 15) is 9.59 Å². The number of nitrogens with zero attached hydrogens (tertiary/aromatic N) is 4. The molecule has 0 saturated carbocycles. The summed E-state index contributed by atoms with van der Waals surface area (Å²) < 4.78 is 11.8. The number of rotatable bonds is 6. The van der Waals surface area contributed by atoms with Gasteiger partial charge in [-0.1, -0.05) is 0 Å². The van der Waals surface area contributed by atoms with Crippen LogP contribution in [0.25, 0.3) is 0 Å². The number of ether oxygens (including phenoxy) is 2. The van der Waals surface area contributed by atoms with Crippen LogP contribution in [-0.2, 0) is 32.0 Å². The van der Waals surface area contributed by atoms with Crippen LogP contribution in [0.1, 0.15) is 25.1 Å². The van der Waals surface area contributed by atoms with Gasteiger partial charge in [-0.05, 0) is 12.8 Å². The summed E-state index contributed by atoms with van der Waals surface area (Å²) in [7, 11) is 1.36. The smallest absolute Gasteiger partial charge is 0.325 e. The van der Waals surface area contributed by atoms with Crippen molar-refractivity contribution in [2.75, 3.05) is 46.5 Å². The van der Waals surface area contributed by atoms with E-state index < -0.39 is 0 Å². The van der Waals surface area contributed by atoms with Crippen LogP contribution >= 0.6 is 0 Å². The molecule has 0 radical (unpaired) electrons. The molecule has 1 aromatic heterocycles. The topological polar surface area (TPSA) is 76.9 Å². The fourth-order valence-corrected chi connectivity index (χ4v) is 3.72. The summed E-state index contributed by atoms with van der Waals surface area (Å²) in [5.41, 5.74) is 0. The van der Waals surface area contributed by atoms with Crippen molar-refractivity contribution >= 4 is 11.9 Å². The van der Waals surface area contributed by atoms with E-state index in [1.807, 2.05) is 4.90 Å². The number of methoxy groups -OCH3 is 1. The number of likely N-dealkylation sites (tertiary alicyclic amines) is 1. The van der Waals surface area contributed by atoms with Gasteiger partial charge in [-0.15, -0.1) is 0 Å². The first-order valence-corrected chi connectivity index (χ1v) is 9.34. The van der Waals surface area contributed by atoms with E-state index in [-0.39, 0.29) is 18.4 Å². The van der Waals surface area contributed by atoms with Crippen molar-refractivity contribution in [3.63, 3.8) is 0 Å². The van der Waals surface area contributed by atoms with Crippen LogP contribution in [0.4, 0.5) is 0 Å². The Kier molecular flexibility index (Phi) is 6.62. The molecule has 0 aromatic carbocycles. The average molecular weight is 364 g/mol. The highest BCUT2D eigenvalue weighted by atomic mass is 16.5. The normalized spacial score (nSPS) is 19.5. The van der Waals surface area contributed by atoms with Crippen molar-refractivity contribution in [3.8, 4) is 0 Å². The highest BCUT2D eigenvalue weighted by Gasteiger charge is 2.27. The van der Waals surface area contributed by atoms with Gasteiger partial charge in [0.05, 0.1) is 20.3 Å². The molecule has 0 unspecified atom stereocenters. The van der Waals surface area contributed by atoms with Crippen molar-refractivity contribution in [1.82, 2.24) is 19.4 Å². The molecule has 0 N–H and O–H groups in total. The van der Waals surface area contributed by atoms with Gasteiger partial charge in [-0.3, -0.25) is 14.5 Å². The van der Waals surface area contributed by atoms with Gasteiger partial charge in [0.2, 0.25) is 5.91 Å². The van der Waals surface area contributed by atoms with Gasteiger partial charge >= 0.3 is 5.97 Å². The molecule has 144 valence electrons. The maximum Gasteiger partial charge on any atom is 0.325 e. The van der Waals surface area contributed by atoms with Gasteiger partial charge < -0.3 is 18.9 Å². The molecule has 8 nitrogen and oxygen atoms in total. The second-order valence-corrected chi connectivity index (χ2v) is 6.81. The molecular formula is C18H28N4O4. The van der Waals surface area contributed by atoms with E-state index >= 15 is 0 Å². The third-order valence-corrected chi connectivity index (χ3v) is 5.27. The minimum atomic E-state index is -0.319. The number of imidazole rings is 1. The van der Waals surface area contributed by atoms with Crippen molar-refractivity contribution in [3.05, 3.63) is 18.2 Å². The molecule has 8 heteroatoms. The number of carbonyl (C=O) groups excluding carboxylic acids is 2. The molecule has 2 saturated heterocycles. The Bertz CT molecular complexity index is 604. The molecule has 1 aromatic rings. The third kappa shape index (κ3) is 4.82. The molecule has 0 spiro atoms. The van der Waals surface area contributed by atoms with Crippen LogP contribution in [0.3, 0.4) is 0 Å². The fourth-order valence-electron chi connectivity index (χ4n) is 3.72. The Morgan fingerprint density at radius 1 is 1.23 bits per heavy atom. The van der Waals surface area contributed by atoms with Gasteiger partial charge in [-0.25, -0.2) is 4.98 Å². The Labute approximate surface area is 154 Å². The maximum atomic E-state index is 12.5. The van der Waals surface area contributed by atoms with Crippen molar-refractivity contribution in [2.45, 2.75) is 38.3 Å². The molecule has 26 heavy (non-hydrogen) atoms. The Balaban J connectivity index is 1.43. The zero-order valence-electron chi connectivity index (χ0n) is 15.4. The molecule has 2 aliphatic heterocycles. The molecule has 1 amide bonds. The number of piperidine rings is 1. The van der Waals surface area contributed by atoms with Gasteiger partial charge in [0.15, 0.2) is 0 Å². The lowest BCUT2D eigenvalue weighted by molar-refractivity contribution is -0.141. The van der Waals surface area contributed by atoms with E-state index in [1.165, 1.54) is 7.11 Å². The molecule has 3 heterocycles. The summed E-state index contributed by atoms with van der Waals surface area (Å²) >= 11 is 0. The zero-order chi connectivity index (χ0) is 18.4. The molecule has 2 fully saturated rings. The number of hydrogen-bond acceptors (Lipinski definition) is 6. The fraction of sp³-hybridized carbons (Fsp3) is 0.722. The van der Waals surface area contributed by atoms with Gasteiger partial charge in [-0.2, -0.15) is 0 Å². The minimum absolute atomic E-state index is 0.130. The molecule has 0 aliphatic carbocycles. The molecule has 2 aliphatic rings. The number of esters is 1. The number of aromatic nitrogens is 2. The summed E-state index contributed by atoms with van der Waals surface area (Å²) in [6.45, 7) is 5.40. The largest absolute Gasteiger partial charge is 0.468 e.